The minimum absolute atomic E-state index is 0.617. The van der Waals surface area contributed by atoms with Crippen LogP contribution in [0.3, 0.4) is 0 Å². The van der Waals surface area contributed by atoms with Gasteiger partial charge in [0.05, 0.1) is 6.61 Å². The minimum atomic E-state index is 0.617. The lowest BCUT2D eigenvalue weighted by Crippen LogP contribution is -2.05. The highest BCUT2D eigenvalue weighted by Crippen LogP contribution is 2.29. The van der Waals surface area contributed by atoms with E-state index < -0.39 is 0 Å². The average molecular weight is 162 g/mol. The average Bonchev–Trinajstić information content (AvgIpc) is 2.53. The first kappa shape index (κ1) is 7.81. The number of ether oxygens (including phenoxy) is 1. The highest BCUT2D eigenvalue weighted by Gasteiger charge is 2.25. The summed E-state index contributed by atoms with van der Waals surface area (Å²) < 4.78 is 5.42. The minimum Gasteiger partial charge on any atom is -0.381 e. The molecule has 12 heavy (non-hydrogen) atoms. The molecule has 1 heterocycles. The Kier molecular flexibility index (Phi) is 2.13. The molecule has 0 spiro atoms. The maximum Gasteiger partial charge on any atom is 0.0538 e. The van der Waals surface area contributed by atoms with E-state index in [0.717, 1.165) is 13.2 Å². The van der Waals surface area contributed by atoms with Gasteiger partial charge in [0.1, 0.15) is 0 Å². The predicted molar refractivity (Wildman–Crippen MR) is 49.2 cm³/mol. The number of rotatable bonds is 1. The molecule has 0 aliphatic carbocycles. The molecular weight excluding hydrogens is 148 g/mol. The van der Waals surface area contributed by atoms with Gasteiger partial charge in [0.15, 0.2) is 0 Å². The molecule has 1 aromatic rings. The quantitative estimate of drug-likeness (QED) is 0.616. The van der Waals surface area contributed by atoms with Crippen molar-refractivity contribution < 1.29 is 4.74 Å². The first-order valence-corrected chi connectivity index (χ1v) is 4.50. The van der Waals surface area contributed by atoms with Crippen molar-refractivity contribution in [3.63, 3.8) is 0 Å². The molecule has 2 rings (SSSR count). The van der Waals surface area contributed by atoms with Gasteiger partial charge >= 0.3 is 0 Å². The van der Waals surface area contributed by atoms with Crippen molar-refractivity contribution in [2.45, 2.75) is 12.8 Å². The van der Waals surface area contributed by atoms with Crippen LogP contribution in [0.2, 0.25) is 0 Å². The van der Waals surface area contributed by atoms with Gasteiger partial charge in [-0.15, -0.1) is 0 Å². The van der Waals surface area contributed by atoms with Gasteiger partial charge in [0.25, 0.3) is 0 Å². The highest BCUT2D eigenvalue weighted by molar-refractivity contribution is 5.20. The van der Waals surface area contributed by atoms with Gasteiger partial charge in [0, 0.05) is 12.5 Å². The Morgan fingerprint density at radius 1 is 1.17 bits per heavy atom. The Morgan fingerprint density at radius 2 is 1.92 bits per heavy atom. The van der Waals surface area contributed by atoms with Gasteiger partial charge in [-0.1, -0.05) is 37.3 Å². The molecule has 1 aromatic carbocycles. The summed E-state index contributed by atoms with van der Waals surface area (Å²) in [6.45, 7) is 4.06. The SMILES string of the molecule is C[C@@H]1COC[C@H]1c1ccccc1. The monoisotopic (exact) mass is 162 g/mol. The summed E-state index contributed by atoms with van der Waals surface area (Å²) in [4.78, 5) is 0. The van der Waals surface area contributed by atoms with Crippen molar-refractivity contribution in [2.24, 2.45) is 5.92 Å². The maximum absolute atomic E-state index is 5.42. The summed E-state index contributed by atoms with van der Waals surface area (Å²) in [5, 5.41) is 0. The largest absolute Gasteiger partial charge is 0.381 e. The fourth-order valence-electron chi connectivity index (χ4n) is 1.79. The normalized spacial score (nSPS) is 29.1. The lowest BCUT2D eigenvalue weighted by atomic mass is 9.91. The molecule has 2 atom stereocenters. The molecule has 0 amide bonds. The Balaban J connectivity index is 2.19. The topological polar surface area (TPSA) is 9.23 Å². The van der Waals surface area contributed by atoms with Crippen LogP contribution in [0.1, 0.15) is 18.4 Å². The number of hydrogen-bond acceptors (Lipinski definition) is 1. The molecule has 64 valence electrons. The third-order valence-electron chi connectivity index (χ3n) is 2.59. The molecule has 1 aliphatic rings. The molecule has 0 bridgehead atoms. The van der Waals surface area contributed by atoms with E-state index in [0.29, 0.717) is 11.8 Å². The van der Waals surface area contributed by atoms with Crippen LogP contribution in [0, 0.1) is 5.92 Å². The van der Waals surface area contributed by atoms with E-state index in [4.69, 9.17) is 4.74 Å². The zero-order chi connectivity index (χ0) is 8.39. The van der Waals surface area contributed by atoms with Crippen LogP contribution in [0.15, 0.2) is 30.3 Å². The molecule has 0 aromatic heterocycles. The van der Waals surface area contributed by atoms with Crippen molar-refractivity contribution in [3.05, 3.63) is 35.9 Å². The fourth-order valence-corrected chi connectivity index (χ4v) is 1.79. The van der Waals surface area contributed by atoms with Gasteiger partial charge in [-0.25, -0.2) is 0 Å². The third-order valence-corrected chi connectivity index (χ3v) is 2.59. The van der Waals surface area contributed by atoms with Crippen molar-refractivity contribution in [1.82, 2.24) is 0 Å². The van der Waals surface area contributed by atoms with Crippen molar-refractivity contribution >= 4 is 0 Å². The lowest BCUT2D eigenvalue weighted by molar-refractivity contribution is 0.186. The van der Waals surface area contributed by atoms with E-state index in [-0.39, 0.29) is 0 Å². The summed E-state index contributed by atoms with van der Waals surface area (Å²) in [6.07, 6.45) is 0. The molecule has 1 heteroatoms. The molecule has 1 saturated heterocycles. The van der Waals surface area contributed by atoms with E-state index in [1.54, 1.807) is 0 Å². The smallest absolute Gasteiger partial charge is 0.0538 e. The van der Waals surface area contributed by atoms with Gasteiger partial charge in [-0.05, 0) is 11.5 Å². The third kappa shape index (κ3) is 1.37. The van der Waals surface area contributed by atoms with E-state index in [9.17, 15) is 0 Å². The van der Waals surface area contributed by atoms with Crippen LogP contribution in [0.5, 0.6) is 0 Å². The highest BCUT2D eigenvalue weighted by atomic mass is 16.5. The Morgan fingerprint density at radius 3 is 2.50 bits per heavy atom. The van der Waals surface area contributed by atoms with E-state index in [1.165, 1.54) is 5.56 Å². The second kappa shape index (κ2) is 3.28. The van der Waals surface area contributed by atoms with Crippen molar-refractivity contribution in [3.8, 4) is 0 Å². The van der Waals surface area contributed by atoms with Crippen LogP contribution in [-0.4, -0.2) is 13.2 Å². The van der Waals surface area contributed by atoms with Crippen LogP contribution in [-0.2, 0) is 4.74 Å². The summed E-state index contributed by atoms with van der Waals surface area (Å²) >= 11 is 0. The second-order valence-electron chi connectivity index (χ2n) is 3.53. The zero-order valence-corrected chi connectivity index (χ0v) is 7.36. The van der Waals surface area contributed by atoms with Crippen LogP contribution in [0.25, 0.3) is 0 Å². The summed E-state index contributed by atoms with van der Waals surface area (Å²) in [5.41, 5.74) is 1.42. The van der Waals surface area contributed by atoms with Crippen molar-refractivity contribution in [1.29, 1.82) is 0 Å². The molecule has 0 saturated carbocycles. The molecular formula is C11H14O. The van der Waals surface area contributed by atoms with E-state index in [1.807, 2.05) is 0 Å². The fraction of sp³-hybridized carbons (Fsp3) is 0.455. The molecule has 1 aliphatic heterocycles. The van der Waals surface area contributed by atoms with Gasteiger partial charge < -0.3 is 4.74 Å². The zero-order valence-electron chi connectivity index (χ0n) is 7.36. The molecule has 0 unspecified atom stereocenters. The summed E-state index contributed by atoms with van der Waals surface area (Å²) in [5.74, 6) is 1.29. The van der Waals surface area contributed by atoms with Crippen molar-refractivity contribution in [2.75, 3.05) is 13.2 Å². The standard InChI is InChI=1S/C11H14O/c1-9-7-12-8-11(9)10-5-3-2-4-6-10/h2-6,9,11H,7-8H2,1H3/t9-,11-/m1/s1. The Bertz CT molecular complexity index is 242. The molecule has 1 fully saturated rings. The Hall–Kier alpha value is -0.820. The van der Waals surface area contributed by atoms with E-state index in [2.05, 4.69) is 37.3 Å². The first-order chi connectivity index (χ1) is 5.88. The molecule has 0 radical (unpaired) electrons. The van der Waals surface area contributed by atoms with Gasteiger partial charge in [0.2, 0.25) is 0 Å². The molecule has 1 nitrogen and oxygen atoms in total. The lowest BCUT2D eigenvalue weighted by Gasteiger charge is -2.12. The van der Waals surface area contributed by atoms with E-state index >= 15 is 0 Å². The number of hydrogen-bond donors (Lipinski definition) is 0. The van der Waals surface area contributed by atoms with Crippen LogP contribution in [0.4, 0.5) is 0 Å². The first-order valence-electron chi connectivity index (χ1n) is 4.50. The van der Waals surface area contributed by atoms with Gasteiger partial charge in [-0.3, -0.25) is 0 Å². The summed E-state index contributed by atoms with van der Waals surface area (Å²) in [6, 6.07) is 10.6. The van der Waals surface area contributed by atoms with Gasteiger partial charge in [-0.2, -0.15) is 0 Å². The number of benzene rings is 1. The predicted octanol–water partition coefficient (Wildman–Crippen LogP) is 2.44. The van der Waals surface area contributed by atoms with Crippen LogP contribution < -0.4 is 0 Å². The van der Waals surface area contributed by atoms with Crippen LogP contribution >= 0.6 is 0 Å². The molecule has 0 N–H and O–H groups in total. The summed E-state index contributed by atoms with van der Waals surface area (Å²) in [7, 11) is 0. The Labute approximate surface area is 73.4 Å². The maximum atomic E-state index is 5.42. The second-order valence-corrected chi connectivity index (χ2v) is 3.53.